The SMILES string of the molecule is C=C1C([N+](=O)[O-])=CC=CC1Cc1c(C(=O)OCC)n[nH]c1C(=O)OCC. The molecule has 0 fully saturated rings. The number of esters is 2. The second kappa shape index (κ2) is 8.24. The molecule has 2 rings (SSSR count). The monoisotopic (exact) mass is 361 g/mol. The van der Waals surface area contributed by atoms with Crippen LogP contribution < -0.4 is 0 Å². The van der Waals surface area contributed by atoms with Gasteiger partial charge >= 0.3 is 11.9 Å². The first-order chi connectivity index (χ1) is 12.4. The maximum Gasteiger partial charge on any atom is 0.359 e. The van der Waals surface area contributed by atoms with Crippen molar-refractivity contribution in [3.05, 3.63) is 63.1 Å². The van der Waals surface area contributed by atoms with Gasteiger partial charge in [0, 0.05) is 23.1 Å². The van der Waals surface area contributed by atoms with E-state index in [1.54, 1.807) is 26.0 Å². The van der Waals surface area contributed by atoms with Crippen LogP contribution in [0.15, 0.2) is 36.1 Å². The molecular weight excluding hydrogens is 342 g/mol. The van der Waals surface area contributed by atoms with Crippen LogP contribution in [-0.2, 0) is 15.9 Å². The maximum absolute atomic E-state index is 12.1. The molecule has 0 spiro atoms. The van der Waals surface area contributed by atoms with Gasteiger partial charge in [-0.2, -0.15) is 5.10 Å². The molecule has 0 aromatic carbocycles. The molecule has 1 aliphatic rings. The zero-order chi connectivity index (χ0) is 19.3. The zero-order valence-corrected chi connectivity index (χ0v) is 14.5. The lowest BCUT2D eigenvalue weighted by Crippen LogP contribution is -2.18. The molecule has 1 unspecified atom stereocenters. The van der Waals surface area contributed by atoms with E-state index in [1.807, 2.05) is 0 Å². The number of rotatable bonds is 7. The average Bonchev–Trinajstić information content (AvgIpc) is 3.00. The number of nitrogens with zero attached hydrogens (tertiary/aromatic N) is 2. The van der Waals surface area contributed by atoms with Gasteiger partial charge in [0.2, 0.25) is 0 Å². The van der Waals surface area contributed by atoms with Crippen LogP contribution >= 0.6 is 0 Å². The van der Waals surface area contributed by atoms with Crippen molar-refractivity contribution in [1.82, 2.24) is 10.2 Å². The number of aromatic amines is 1. The minimum atomic E-state index is -0.690. The minimum absolute atomic E-state index is 0.0216. The van der Waals surface area contributed by atoms with Crippen molar-refractivity contribution in [3.8, 4) is 0 Å². The van der Waals surface area contributed by atoms with Gasteiger partial charge in [0.25, 0.3) is 5.70 Å². The summed E-state index contributed by atoms with van der Waals surface area (Å²) in [6.45, 7) is 7.37. The Bertz CT molecular complexity index is 770. The molecule has 9 heteroatoms. The number of carbonyl (C=O) groups excluding carboxylic acids is 2. The molecule has 1 atom stereocenters. The summed E-state index contributed by atoms with van der Waals surface area (Å²) in [4.78, 5) is 34.9. The van der Waals surface area contributed by atoms with Gasteiger partial charge in [0.15, 0.2) is 5.69 Å². The van der Waals surface area contributed by atoms with Crippen molar-refractivity contribution in [2.45, 2.75) is 20.3 Å². The van der Waals surface area contributed by atoms with E-state index in [2.05, 4.69) is 16.8 Å². The summed E-state index contributed by atoms with van der Waals surface area (Å²) in [6.07, 6.45) is 4.73. The Labute approximate surface area is 149 Å². The summed E-state index contributed by atoms with van der Waals surface area (Å²) in [5.41, 5.74) is 0.420. The van der Waals surface area contributed by atoms with E-state index in [4.69, 9.17) is 9.47 Å². The Morgan fingerprint density at radius 3 is 2.58 bits per heavy atom. The van der Waals surface area contributed by atoms with E-state index in [0.29, 0.717) is 0 Å². The van der Waals surface area contributed by atoms with Gasteiger partial charge in [0.05, 0.1) is 18.1 Å². The molecule has 1 aliphatic carbocycles. The first kappa shape index (κ1) is 19.1. The highest BCUT2D eigenvalue weighted by Gasteiger charge is 2.31. The van der Waals surface area contributed by atoms with Crippen LogP contribution in [0.25, 0.3) is 0 Å². The Hall–Kier alpha value is -3.23. The van der Waals surface area contributed by atoms with Crippen molar-refractivity contribution in [2.24, 2.45) is 5.92 Å². The molecular formula is C17H19N3O6. The third-order valence-electron chi connectivity index (χ3n) is 3.81. The standard InChI is InChI=1S/C17H19N3O6/c1-4-25-16(21)14-12(15(19-18-14)17(22)26-5-2)9-11-7-6-8-13(10(11)3)20(23)24/h6-8,11H,3-5,9H2,1-2H3,(H,18,19). The summed E-state index contributed by atoms with van der Waals surface area (Å²) in [7, 11) is 0. The lowest BCUT2D eigenvalue weighted by Gasteiger charge is -2.17. The fourth-order valence-corrected chi connectivity index (χ4v) is 2.59. The number of nitro groups is 1. The molecule has 0 saturated heterocycles. The van der Waals surface area contributed by atoms with Crippen LogP contribution in [0.3, 0.4) is 0 Å². The Kier molecular flexibility index (Phi) is 6.05. The van der Waals surface area contributed by atoms with Crippen molar-refractivity contribution in [1.29, 1.82) is 0 Å². The minimum Gasteiger partial charge on any atom is -0.461 e. The second-order valence-electron chi connectivity index (χ2n) is 5.40. The number of carbonyl (C=O) groups is 2. The van der Waals surface area contributed by atoms with Gasteiger partial charge in [-0.05, 0) is 20.3 Å². The van der Waals surface area contributed by atoms with Crippen molar-refractivity contribution < 1.29 is 24.0 Å². The van der Waals surface area contributed by atoms with Gasteiger partial charge < -0.3 is 9.47 Å². The normalized spacial score (nSPS) is 16.2. The largest absolute Gasteiger partial charge is 0.461 e. The van der Waals surface area contributed by atoms with Crippen LogP contribution in [0, 0.1) is 16.0 Å². The number of aromatic nitrogens is 2. The number of ether oxygens (including phenoxy) is 2. The van der Waals surface area contributed by atoms with E-state index in [9.17, 15) is 19.7 Å². The fourth-order valence-electron chi connectivity index (χ4n) is 2.59. The summed E-state index contributed by atoms with van der Waals surface area (Å²) < 4.78 is 9.94. The van der Waals surface area contributed by atoms with Crippen molar-refractivity contribution in [3.63, 3.8) is 0 Å². The fraction of sp³-hybridized carbons (Fsp3) is 0.353. The molecule has 138 valence electrons. The molecule has 9 nitrogen and oxygen atoms in total. The smallest absolute Gasteiger partial charge is 0.359 e. The number of hydrogen-bond acceptors (Lipinski definition) is 7. The molecule has 0 saturated carbocycles. The molecule has 1 N–H and O–H groups in total. The average molecular weight is 361 g/mol. The molecule has 0 amide bonds. The summed E-state index contributed by atoms with van der Waals surface area (Å²) >= 11 is 0. The molecule has 26 heavy (non-hydrogen) atoms. The van der Waals surface area contributed by atoms with Gasteiger partial charge in [0.1, 0.15) is 5.69 Å². The summed E-state index contributed by atoms with van der Waals surface area (Å²) in [5, 5.41) is 17.5. The summed E-state index contributed by atoms with van der Waals surface area (Å²) in [6, 6.07) is 0. The van der Waals surface area contributed by atoms with Crippen molar-refractivity contribution in [2.75, 3.05) is 13.2 Å². The summed E-state index contributed by atoms with van der Waals surface area (Å²) in [5.74, 6) is -1.83. The molecule has 1 aromatic heterocycles. The molecule has 1 aromatic rings. The maximum atomic E-state index is 12.1. The highest BCUT2D eigenvalue weighted by Crippen LogP contribution is 2.29. The predicted octanol–water partition coefficient (Wildman–Crippen LogP) is 2.21. The third kappa shape index (κ3) is 3.88. The number of hydrogen-bond donors (Lipinski definition) is 1. The molecule has 1 heterocycles. The van der Waals surface area contributed by atoms with Gasteiger partial charge in [-0.3, -0.25) is 15.2 Å². The second-order valence-corrected chi connectivity index (χ2v) is 5.40. The lowest BCUT2D eigenvalue weighted by molar-refractivity contribution is -0.421. The van der Waals surface area contributed by atoms with Crippen LogP contribution in [0.5, 0.6) is 0 Å². The van der Waals surface area contributed by atoms with Crippen LogP contribution in [0.2, 0.25) is 0 Å². The molecule has 0 radical (unpaired) electrons. The Morgan fingerprint density at radius 1 is 1.31 bits per heavy atom. The lowest BCUT2D eigenvalue weighted by atomic mass is 9.87. The van der Waals surface area contributed by atoms with Crippen molar-refractivity contribution >= 4 is 11.9 Å². The highest BCUT2D eigenvalue weighted by atomic mass is 16.6. The first-order valence-corrected chi connectivity index (χ1v) is 8.04. The van der Waals surface area contributed by atoms with E-state index in [0.717, 1.165) is 0 Å². The van der Waals surface area contributed by atoms with Crippen LogP contribution in [0.4, 0.5) is 0 Å². The number of H-pyrrole nitrogens is 1. The van der Waals surface area contributed by atoms with E-state index in [1.165, 1.54) is 6.08 Å². The molecule has 0 aliphatic heterocycles. The quantitative estimate of drug-likeness (QED) is 0.448. The van der Waals surface area contributed by atoms with E-state index in [-0.39, 0.29) is 47.9 Å². The van der Waals surface area contributed by atoms with E-state index < -0.39 is 22.8 Å². The van der Waals surface area contributed by atoms with Gasteiger partial charge in [-0.1, -0.05) is 18.7 Å². The van der Waals surface area contributed by atoms with Gasteiger partial charge in [-0.25, -0.2) is 9.59 Å². The van der Waals surface area contributed by atoms with Crippen LogP contribution in [-0.4, -0.2) is 40.3 Å². The third-order valence-corrected chi connectivity index (χ3v) is 3.81. The predicted molar refractivity (Wildman–Crippen MR) is 91.1 cm³/mol. The van der Waals surface area contributed by atoms with Crippen LogP contribution in [0.1, 0.15) is 40.4 Å². The number of nitrogens with one attached hydrogen (secondary N) is 1. The topological polar surface area (TPSA) is 124 Å². The van der Waals surface area contributed by atoms with Gasteiger partial charge in [-0.15, -0.1) is 0 Å². The van der Waals surface area contributed by atoms with E-state index >= 15 is 0 Å². The number of allylic oxidation sites excluding steroid dienone is 4. The zero-order valence-electron chi connectivity index (χ0n) is 14.5. The molecule has 0 bridgehead atoms. The first-order valence-electron chi connectivity index (χ1n) is 8.04. The Balaban J connectivity index is 2.38. The Morgan fingerprint density at radius 2 is 1.96 bits per heavy atom. The highest BCUT2D eigenvalue weighted by molar-refractivity contribution is 5.95.